The van der Waals surface area contributed by atoms with Crippen molar-refractivity contribution >= 4 is 0 Å². The molecule has 0 aliphatic carbocycles. The lowest BCUT2D eigenvalue weighted by Gasteiger charge is -2.29. The smallest absolute Gasteiger partial charge is 0.332 e. The third kappa shape index (κ3) is 4.17. The Hall–Kier alpha value is -0.650. The van der Waals surface area contributed by atoms with Gasteiger partial charge >= 0.3 is 18.2 Å². The van der Waals surface area contributed by atoms with Crippen molar-refractivity contribution in [3.8, 4) is 0 Å². The van der Waals surface area contributed by atoms with Crippen molar-refractivity contribution in [1.82, 2.24) is 0 Å². The van der Waals surface area contributed by atoms with Gasteiger partial charge in [0.25, 0.3) is 0 Å². The van der Waals surface area contributed by atoms with Gasteiger partial charge in [-0.1, -0.05) is 5.04 Å². The van der Waals surface area contributed by atoms with Gasteiger partial charge in [0.1, 0.15) is 0 Å². The minimum atomic E-state index is -6.20. The summed E-state index contributed by atoms with van der Waals surface area (Å²) in [5.41, 5.74) is 0. The fraction of sp³-hybridized carbons (Fsp3) is 1.00. The molecule has 1 rings (SSSR count). The maximum atomic E-state index is 13.0. The van der Waals surface area contributed by atoms with Gasteiger partial charge in [0, 0.05) is 6.42 Å². The summed E-state index contributed by atoms with van der Waals surface area (Å²) >= 11 is 0. The maximum absolute atomic E-state index is 13.0. The average Bonchev–Trinajstić information content (AvgIpc) is 2.33. The molecule has 0 bridgehead atoms. The van der Waals surface area contributed by atoms with Gasteiger partial charge < -0.3 is 4.74 Å². The predicted molar refractivity (Wildman–Crippen MR) is 47.7 cm³/mol. The SMILES string of the molecule is FC(F)(F)C(F)(OCCCC1CCOOO1)C(F)(F)F. The molecule has 1 fully saturated rings. The van der Waals surface area contributed by atoms with Crippen LogP contribution in [0.4, 0.5) is 30.7 Å². The van der Waals surface area contributed by atoms with Crippen LogP contribution in [0, 0.1) is 0 Å². The van der Waals surface area contributed by atoms with Gasteiger partial charge in [0.15, 0.2) is 0 Å². The molecule has 20 heavy (non-hydrogen) atoms. The van der Waals surface area contributed by atoms with E-state index in [1.165, 1.54) is 0 Å². The van der Waals surface area contributed by atoms with Crippen molar-refractivity contribution in [2.45, 2.75) is 43.6 Å². The van der Waals surface area contributed by atoms with E-state index in [0.717, 1.165) is 0 Å². The first kappa shape index (κ1) is 17.4. The summed E-state index contributed by atoms with van der Waals surface area (Å²) in [5, 5.41) is 4.11. The van der Waals surface area contributed by atoms with Crippen LogP contribution in [-0.4, -0.2) is 37.5 Å². The molecule has 1 atom stereocenters. The minimum Gasteiger partial charge on any atom is -0.332 e. The Kier molecular flexibility index (Phi) is 5.58. The molecular weight excluding hydrogens is 305 g/mol. The van der Waals surface area contributed by atoms with Crippen LogP contribution in [-0.2, 0) is 19.6 Å². The number of alkyl halides is 7. The Balaban J connectivity index is 2.43. The Labute approximate surface area is 108 Å². The molecular formula is C9H11F7O4. The highest BCUT2D eigenvalue weighted by Gasteiger charge is 2.74. The second-order valence-corrected chi connectivity index (χ2v) is 3.98. The van der Waals surface area contributed by atoms with E-state index in [4.69, 9.17) is 0 Å². The van der Waals surface area contributed by atoms with E-state index in [9.17, 15) is 30.7 Å². The van der Waals surface area contributed by atoms with E-state index in [-0.39, 0.29) is 19.4 Å². The first-order valence-corrected chi connectivity index (χ1v) is 5.49. The highest BCUT2D eigenvalue weighted by Crippen LogP contribution is 2.47. The van der Waals surface area contributed by atoms with Crippen LogP contribution in [0.15, 0.2) is 0 Å². The normalized spacial score (nSPS) is 22.1. The predicted octanol–water partition coefficient (Wildman–Crippen LogP) is 3.23. The van der Waals surface area contributed by atoms with E-state index in [1.54, 1.807) is 0 Å². The molecule has 0 aromatic heterocycles. The summed E-state index contributed by atoms with van der Waals surface area (Å²) in [4.78, 5) is 8.87. The molecule has 1 heterocycles. The second-order valence-electron chi connectivity index (χ2n) is 3.98. The number of halogens is 7. The van der Waals surface area contributed by atoms with E-state index >= 15 is 0 Å². The van der Waals surface area contributed by atoms with Crippen LogP contribution in [0.1, 0.15) is 19.3 Å². The third-order valence-corrected chi connectivity index (χ3v) is 2.45. The number of ether oxygens (including phenoxy) is 1. The standard InChI is InChI=1S/C9H11F7O4/c10-7(8(11,12)13,9(14,15)16)17-4-1-2-6-3-5-18-20-19-6/h6H,1-5H2. The molecule has 0 saturated carbocycles. The summed E-state index contributed by atoms with van der Waals surface area (Å²) in [5.74, 6) is -5.67. The molecule has 0 N–H and O–H groups in total. The van der Waals surface area contributed by atoms with Gasteiger partial charge in [-0.25, -0.2) is 9.78 Å². The fourth-order valence-electron chi connectivity index (χ4n) is 1.39. The van der Waals surface area contributed by atoms with Crippen LogP contribution >= 0.6 is 0 Å². The lowest BCUT2D eigenvalue weighted by molar-refractivity contribution is -0.549. The van der Waals surface area contributed by atoms with Gasteiger partial charge in [0.05, 0.1) is 19.3 Å². The number of rotatable bonds is 5. The maximum Gasteiger partial charge on any atom is 0.458 e. The second kappa shape index (κ2) is 6.41. The number of hydrogen-bond acceptors (Lipinski definition) is 4. The van der Waals surface area contributed by atoms with Gasteiger partial charge in [-0.3, -0.25) is 0 Å². The van der Waals surface area contributed by atoms with Crippen LogP contribution < -0.4 is 0 Å². The molecule has 1 unspecified atom stereocenters. The molecule has 11 heteroatoms. The first-order valence-electron chi connectivity index (χ1n) is 5.49. The quantitative estimate of drug-likeness (QED) is 0.443. The molecule has 1 saturated heterocycles. The van der Waals surface area contributed by atoms with Crippen LogP contribution in [0.2, 0.25) is 0 Å². The van der Waals surface area contributed by atoms with Gasteiger partial charge in [-0.05, 0) is 12.8 Å². The van der Waals surface area contributed by atoms with E-state index in [0.29, 0.717) is 6.42 Å². The summed E-state index contributed by atoms with van der Waals surface area (Å²) in [6.45, 7) is -0.903. The average molecular weight is 316 g/mol. The van der Waals surface area contributed by atoms with Crippen molar-refractivity contribution in [2.24, 2.45) is 0 Å². The summed E-state index contributed by atoms with van der Waals surface area (Å²) in [6.07, 6.45) is -12.9. The first-order chi connectivity index (χ1) is 9.08. The zero-order chi connectivity index (χ0) is 15.4. The zero-order valence-electron chi connectivity index (χ0n) is 9.89. The number of hydrogen-bond donors (Lipinski definition) is 0. The van der Waals surface area contributed by atoms with Crippen molar-refractivity contribution in [3.05, 3.63) is 0 Å². The Bertz CT molecular complexity index is 284. The van der Waals surface area contributed by atoms with Gasteiger partial charge in [-0.2, -0.15) is 30.7 Å². The van der Waals surface area contributed by atoms with Crippen LogP contribution in [0.5, 0.6) is 0 Å². The molecule has 0 aromatic carbocycles. The van der Waals surface area contributed by atoms with E-state index in [1.807, 2.05) is 0 Å². The van der Waals surface area contributed by atoms with Crippen molar-refractivity contribution in [1.29, 1.82) is 0 Å². The minimum absolute atomic E-state index is 0.0369. The fourth-order valence-corrected chi connectivity index (χ4v) is 1.39. The van der Waals surface area contributed by atoms with E-state index in [2.05, 4.69) is 19.6 Å². The Morgan fingerprint density at radius 1 is 1.00 bits per heavy atom. The highest BCUT2D eigenvalue weighted by atomic mass is 19.4. The summed E-state index contributed by atoms with van der Waals surface area (Å²) in [7, 11) is 0. The van der Waals surface area contributed by atoms with Crippen LogP contribution in [0.3, 0.4) is 0 Å². The lowest BCUT2D eigenvalue weighted by Crippen LogP contribution is -2.55. The third-order valence-electron chi connectivity index (χ3n) is 2.45. The summed E-state index contributed by atoms with van der Waals surface area (Å²) < 4.78 is 89.0. The molecule has 120 valence electrons. The van der Waals surface area contributed by atoms with Crippen molar-refractivity contribution in [3.63, 3.8) is 0 Å². The molecule has 1 aliphatic heterocycles. The molecule has 0 aromatic rings. The molecule has 1 aliphatic rings. The Morgan fingerprint density at radius 2 is 1.60 bits per heavy atom. The summed E-state index contributed by atoms with van der Waals surface area (Å²) in [6, 6.07) is 0. The largest absolute Gasteiger partial charge is 0.458 e. The van der Waals surface area contributed by atoms with Gasteiger partial charge in [0.2, 0.25) is 0 Å². The Morgan fingerprint density at radius 3 is 2.05 bits per heavy atom. The highest BCUT2D eigenvalue weighted by molar-refractivity contribution is 4.85. The zero-order valence-corrected chi connectivity index (χ0v) is 9.89. The van der Waals surface area contributed by atoms with Gasteiger partial charge in [-0.15, -0.1) is 0 Å². The van der Waals surface area contributed by atoms with E-state index < -0.39 is 30.9 Å². The topological polar surface area (TPSA) is 36.9 Å². The monoisotopic (exact) mass is 316 g/mol. The van der Waals surface area contributed by atoms with Crippen LogP contribution in [0.25, 0.3) is 0 Å². The lowest BCUT2D eigenvalue weighted by atomic mass is 10.1. The van der Waals surface area contributed by atoms with Crippen molar-refractivity contribution < 1.29 is 50.3 Å². The molecule has 0 amide bonds. The van der Waals surface area contributed by atoms with Crippen molar-refractivity contribution in [2.75, 3.05) is 13.2 Å². The molecule has 4 nitrogen and oxygen atoms in total. The molecule has 0 spiro atoms. The molecule has 0 radical (unpaired) electrons.